The average Bonchev–Trinajstić information content (AvgIpc) is 3.03. The Kier molecular flexibility index (Phi) is 8.10. The van der Waals surface area contributed by atoms with Gasteiger partial charge in [-0.15, -0.1) is 0 Å². The van der Waals surface area contributed by atoms with Gasteiger partial charge in [0.1, 0.15) is 5.78 Å². The van der Waals surface area contributed by atoms with Crippen molar-refractivity contribution in [3.63, 3.8) is 0 Å². The zero-order chi connectivity index (χ0) is 21.7. The summed E-state index contributed by atoms with van der Waals surface area (Å²) in [6.45, 7) is 9.60. The van der Waals surface area contributed by atoms with Crippen molar-refractivity contribution in [2.45, 2.75) is 97.9 Å². The van der Waals surface area contributed by atoms with E-state index in [1.807, 2.05) is 0 Å². The molecular formula is C26H42NNaO3. The molecule has 5 unspecified atom stereocenters. The number of ketones is 1. The maximum absolute atomic E-state index is 13.0. The smallest absolute Gasteiger partial charge is 0.549 e. The summed E-state index contributed by atoms with van der Waals surface area (Å²) < 4.78 is 0. The normalized spacial score (nSPS) is 45.1. The Bertz CT molecular complexity index is 684. The predicted molar refractivity (Wildman–Crippen MR) is 116 cm³/mol. The van der Waals surface area contributed by atoms with E-state index in [4.69, 9.17) is 0 Å². The number of fused-ring (bicyclic) bond motifs is 5. The number of aliphatic carboxylic acids is 1. The molecule has 4 fully saturated rings. The summed E-state index contributed by atoms with van der Waals surface area (Å²) in [5.74, 6) is 3.63. The van der Waals surface area contributed by atoms with Crippen molar-refractivity contribution in [3.05, 3.63) is 0 Å². The molecule has 31 heavy (non-hydrogen) atoms. The minimum absolute atomic E-state index is 0. The van der Waals surface area contributed by atoms with E-state index in [1.165, 1.54) is 51.4 Å². The molecule has 0 aromatic heterocycles. The first-order valence-corrected chi connectivity index (χ1v) is 12.7. The van der Waals surface area contributed by atoms with Crippen molar-refractivity contribution in [1.82, 2.24) is 5.32 Å². The fourth-order valence-corrected chi connectivity index (χ4v) is 9.15. The minimum Gasteiger partial charge on any atom is -0.549 e. The Balaban J connectivity index is 0.00000272. The number of carbonyl (C=O) groups excluding carboxylic acids is 2. The third-order valence-corrected chi connectivity index (χ3v) is 10.5. The number of carbonyl (C=O) groups is 2. The average molecular weight is 440 g/mol. The van der Waals surface area contributed by atoms with Crippen molar-refractivity contribution in [1.29, 1.82) is 0 Å². The van der Waals surface area contributed by atoms with E-state index in [9.17, 15) is 14.7 Å². The minimum atomic E-state index is -1.13. The second kappa shape index (κ2) is 9.76. The Morgan fingerprint density at radius 1 is 1.13 bits per heavy atom. The van der Waals surface area contributed by atoms with Gasteiger partial charge in [0.15, 0.2) is 0 Å². The van der Waals surface area contributed by atoms with Gasteiger partial charge in [-0.2, -0.15) is 0 Å². The van der Waals surface area contributed by atoms with E-state index >= 15 is 0 Å². The molecule has 4 rings (SSSR count). The molecule has 0 aromatic rings. The summed E-state index contributed by atoms with van der Waals surface area (Å²) in [5.41, 5.74) is 0.601. The van der Waals surface area contributed by atoms with E-state index in [-0.39, 0.29) is 53.3 Å². The molecule has 0 spiro atoms. The Labute approximate surface area is 211 Å². The van der Waals surface area contributed by atoms with Crippen molar-refractivity contribution < 1.29 is 44.3 Å². The summed E-state index contributed by atoms with van der Waals surface area (Å²) in [6.07, 6.45) is 12.0. The third kappa shape index (κ3) is 4.45. The number of hydrogen-bond donors (Lipinski definition) is 1. The van der Waals surface area contributed by atoms with Gasteiger partial charge in [0.2, 0.25) is 0 Å². The molecule has 4 aliphatic carbocycles. The molecule has 0 amide bonds. The first-order valence-electron chi connectivity index (χ1n) is 12.7. The van der Waals surface area contributed by atoms with E-state index in [0.717, 1.165) is 30.1 Å². The van der Waals surface area contributed by atoms with E-state index in [0.29, 0.717) is 23.7 Å². The molecule has 0 bridgehead atoms. The Hall–Kier alpha value is 0.1000. The van der Waals surface area contributed by atoms with E-state index < -0.39 is 5.97 Å². The van der Waals surface area contributed by atoms with Crippen molar-refractivity contribution in [3.8, 4) is 0 Å². The quantitative estimate of drug-likeness (QED) is 0.627. The van der Waals surface area contributed by atoms with E-state index in [2.05, 4.69) is 33.0 Å². The monoisotopic (exact) mass is 439 g/mol. The van der Waals surface area contributed by atoms with Gasteiger partial charge in [-0.05, 0) is 91.3 Å². The topological polar surface area (TPSA) is 69.2 Å². The van der Waals surface area contributed by atoms with Crippen LogP contribution in [0, 0.1) is 46.3 Å². The van der Waals surface area contributed by atoms with Gasteiger partial charge in [-0.3, -0.25) is 4.79 Å². The molecule has 0 aliphatic heterocycles. The summed E-state index contributed by atoms with van der Waals surface area (Å²) >= 11 is 0. The molecule has 0 saturated heterocycles. The van der Waals surface area contributed by atoms with Crippen LogP contribution in [0.25, 0.3) is 0 Å². The van der Waals surface area contributed by atoms with Crippen LogP contribution in [0.2, 0.25) is 0 Å². The van der Waals surface area contributed by atoms with E-state index in [1.54, 1.807) is 0 Å². The van der Waals surface area contributed by atoms with Crippen LogP contribution in [-0.2, 0) is 9.59 Å². The summed E-state index contributed by atoms with van der Waals surface area (Å²) in [4.78, 5) is 23.8. The van der Waals surface area contributed by atoms with Crippen LogP contribution >= 0.6 is 0 Å². The maximum atomic E-state index is 13.0. The van der Waals surface area contributed by atoms with Crippen molar-refractivity contribution in [2.75, 3.05) is 6.54 Å². The molecule has 0 aromatic carbocycles. The van der Waals surface area contributed by atoms with Crippen LogP contribution in [0.5, 0.6) is 0 Å². The van der Waals surface area contributed by atoms with Crippen LogP contribution in [0.4, 0.5) is 0 Å². The van der Waals surface area contributed by atoms with Gasteiger partial charge in [0.05, 0.1) is 12.0 Å². The predicted octanol–water partition coefficient (Wildman–Crippen LogP) is 0.973. The zero-order valence-corrected chi connectivity index (χ0v) is 22.5. The summed E-state index contributed by atoms with van der Waals surface area (Å²) in [6, 6.07) is -0.294. The van der Waals surface area contributed by atoms with Gasteiger partial charge in [0, 0.05) is 13.0 Å². The fraction of sp³-hybridized carbons (Fsp3) is 0.923. The number of nitrogens with one attached hydrogen (secondary N) is 1. The summed E-state index contributed by atoms with van der Waals surface area (Å²) in [5, 5.41) is 13.8. The number of Topliss-reactive ketones (excluding diaryl/α,β-unsaturated/α-hetero) is 1. The summed E-state index contributed by atoms with van der Waals surface area (Å²) in [7, 11) is 0. The largest absolute Gasteiger partial charge is 1.00 e. The van der Waals surface area contributed by atoms with Crippen LogP contribution in [0.15, 0.2) is 0 Å². The molecular weight excluding hydrogens is 397 g/mol. The SMILES string of the molecule is CCC[C@@H](C)[C@H]1CCC2C3CCC4CC(NCC(=O)[O-])C(=O)C[C@]4(C)C3CC[C@@]21C.[Na+]. The van der Waals surface area contributed by atoms with Crippen LogP contribution in [0.3, 0.4) is 0 Å². The van der Waals surface area contributed by atoms with Crippen LogP contribution < -0.4 is 40.0 Å². The number of rotatable bonds is 6. The van der Waals surface area contributed by atoms with Crippen LogP contribution in [0.1, 0.15) is 91.9 Å². The second-order valence-electron chi connectivity index (χ2n) is 11.8. The van der Waals surface area contributed by atoms with Gasteiger partial charge in [-0.1, -0.05) is 40.5 Å². The molecule has 0 heterocycles. The fourth-order valence-electron chi connectivity index (χ4n) is 9.15. The molecule has 5 heteroatoms. The number of hydrogen-bond acceptors (Lipinski definition) is 4. The first kappa shape index (κ1) is 25.7. The van der Waals surface area contributed by atoms with Crippen molar-refractivity contribution >= 4 is 11.8 Å². The molecule has 0 radical (unpaired) electrons. The third-order valence-electron chi connectivity index (χ3n) is 10.5. The second-order valence-corrected chi connectivity index (χ2v) is 11.8. The molecule has 9 atom stereocenters. The zero-order valence-electron chi connectivity index (χ0n) is 20.5. The number of carboxylic acids is 1. The van der Waals surface area contributed by atoms with Gasteiger partial charge < -0.3 is 15.2 Å². The molecule has 4 nitrogen and oxygen atoms in total. The molecule has 4 aliphatic rings. The van der Waals surface area contributed by atoms with Gasteiger partial charge in [-0.25, -0.2) is 0 Å². The molecule has 170 valence electrons. The Morgan fingerprint density at radius 3 is 2.52 bits per heavy atom. The van der Waals surface area contributed by atoms with Crippen molar-refractivity contribution in [2.24, 2.45) is 46.3 Å². The molecule has 4 saturated carbocycles. The maximum Gasteiger partial charge on any atom is 1.00 e. The van der Waals surface area contributed by atoms with Crippen LogP contribution in [-0.4, -0.2) is 24.3 Å². The first-order chi connectivity index (χ1) is 14.2. The van der Waals surface area contributed by atoms with Gasteiger partial charge >= 0.3 is 29.6 Å². The Morgan fingerprint density at radius 2 is 1.84 bits per heavy atom. The number of carboxylic acid groups (broad SMARTS) is 1. The molecule has 1 N–H and O–H groups in total. The standard InChI is InChI=1S/C26H43NO3.Na/c1-5-6-16(2)19-9-10-20-18-8-7-17-13-22(27-15-24(29)30)23(28)14-26(17,4)21(18)11-12-25(19,20)3;/h16-22,27H,5-15H2,1-4H3,(H,29,30);/q;+1/p-1/t16-,17?,18?,19-,20?,21?,22?,25-,26+;/m1./s1. The van der Waals surface area contributed by atoms with Gasteiger partial charge in [0.25, 0.3) is 0 Å².